The highest BCUT2D eigenvalue weighted by Gasteiger charge is 2.32. The summed E-state index contributed by atoms with van der Waals surface area (Å²) in [5.74, 6) is -0.611. The van der Waals surface area contributed by atoms with Gasteiger partial charge in [0.05, 0.1) is 15.6 Å². The van der Waals surface area contributed by atoms with Crippen molar-refractivity contribution in [2.75, 3.05) is 0 Å². The van der Waals surface area contributed by atoms with Crippen molar-refractivity contribution in [2.45, 2.75) is 6.36 Å². The predicted molar refractivity (Wildman–Crippen MR) is 70.2 cm³/mol. The molecule has 10 heteroatoms. The highest BCUT2D eigenvalue weighted by atomic mass is 35.5. The number of nitrogens with one attached hydrogen (secondary N) is 1. The number of halogens is 5. The molecule has 112 valence electrons. The summed E-state index contributed by atoms with van der Waals surface area (Å²) < 4.78 is 40.3. The first-order valence-electron chi connectivity index (χ1n) is 5.40. The molecule has 1 heterocycles. The molecule has 1 aromatic heterocycles. The molecule has 0 saturated carbocycles. The van der Waals surface area contributed by atoms with Gasteiger partial charge in [0.15, 0.2) is 11.4 Å². The van der Waals surface area contributed by atoms with Gasteiger partial charge in [-0.15, -0.1) is 13.2 Å². The molecule has 0 saturated heterocycles. The third-order valence-electron chi connectivity index (χ3n) is 2.41. The lowest BCUT2D eigenvalue weighted by molar-refractivity contribution is -0.274. The molecule has 2 aromatic rings. The Balaban J connectivity index is 2.52. The molecule has 0 atom stereocenters. The Kier molecular flexibility index (Phi) is 4.18. The van der Waals surface area contributed by atoms with E-state index in [2.05, 4.69) is 14.7 Å². The van der Waals surface area contributed by atoms with Crippen LogP contribution >= 0.6 is 23.2 Å². The molecule has 1 N–H and O–H groups in total. The predicted octanol–water partition coefficient (Wildman–Crippen LogP) is 4.03. The standard InChI is InChI=1S/C12H3Cl2F3N4O/c13-6-1-5(22-12(15,16)17)2-7(14)10(6)11-20-8(3-18)9(4-19)21-11/h1-2H,(H,20,21). The fraction of sp³-hybridized carbons (Fsp3) is 0.0833. The van der Waals surface area contributed by atoms with Gasteiger partial charge in [-0.1, -0.05) is 23.2 Å². The zero-order chi connectivity index (χ0) is 16.5. The third-order valence-corrected chi connectivity index (χ3v) is 3.00. The van der Waals surface area contributed by atoms with Gasteiger partial charge >= 0.3 is 6.36 Å². The minimum atomic E-state index is -4.89. The van der Waals surface area contributed by atoms with Crippen molar-refractivity contribution in [3.8, 4) is 29.3 Å². The molecular weight excluding hydrogens is 344 g/mol. The Hall–Kier alpha value is -2.42. The van der Waals surface area contributed by atoms with Crippen LogP contribution in [0.2, 0.25) is 10.0 Å². The molecule has 0 bridgehead atoms. The highest BCUT2D eigenvalue weighted by molar-refractivity contribution is 6.39. The van der Waals surface area contributed by atoms with Crippen LogP contribution in [0, 0.1) is 22.7 Å². The van der Waals surface area contributed by atoms with Gasteiger partial charge in [-0.05, 0) is 12.1 Å². The van der Waals surface area contributed by atoms with Crippen molar-refractivity contribution in [3.63, 3.8) is 0 Å². The molecule has 0 fully saturated rings. The van der Waals surface area contributed by atoms with Crippen molar-refractivity contribution in [1.82, 2.24) is 9.97 Å². The summed E-state index contributed by atoms with van der Waals surface area (Å²) in [5, 5.41) is 17.3. The number of H-pyrrole nitrogens is 1. The lowest BCUT2D eigenvalue weighted by Gasteiger charge is -2.11. The van der Waals surface area contributed by atoms with E-state index in [-0.39, 0.29) is 32.8 Å². The van der Waals surface area contributed by atoms with Gasteiger partial charge in [0.2, 0.25) is 0 Å². The summed E-state index contributed by atoms with van der Waals surface area (Å²) in [6.07, 6.45) is -4.89. The Labute approximate surface area is 131 Å². The first kappa shape index (κ1) is 16.0. The van der Waals surface area contributed by atoms with Crippen LogP contribution in [-0.2, 0) is 0 Å². The minimum absolute atomic E-state index is 0.0124. The molecule has 0 aliphatic heterocycles. The van der Waals surface area contributed by atoms with Crippen LogP contribution in [0.4, 0.5) is 13.2 Å². The Morgan fingerprint density at radius 1 is 1.14 bits per heavy atom. The maximum atomic E-state index is 12.2. The third kappa shape index (κ3) is 3.25. The lowest BCUT2D eigenvalue weighted by Crippen LogP contribution is -2.17. The van der Waals surface area contributed by atoms with Crippen LogP contribution < -0.4 is 4.74 Å². The smallest absolute Gasteiger partial charge is 0.406 e. The van der Waals surface area contributed by atoms with E-state index in [1.807, 2.05) is 0 Å². The molecule has 22 heavy (non-hydrogen) atoms. The first-order chi connectivity index (χ1) is 10.2. The minimum Gasteiger partial charge on any atom is -0.406 e. The number of imidazole rings is 1. The summed E-state index contributed by atoms with van der Waals surface area (Å²) in [4.78, 5) is 6.35. The fourth-order valence-electron chi connectivity index (χ4n) is 1.62. The quantitative estimate of drug-likeness (QED) is 0.889. The second-order valence-corrected chi connectivity index (χ2v) is 4.66. The number of nitriles is 2. The van der Waals surface area contributed by atoms with E-state index in [0.29, 0.717) is 0 Å². The molecule has 0 unspecified atom stereocenters. The Bertz CT molecular complexity index is 763. The van der Waals surface area contributed by atoms with Gasteiger partial charge in [0.25, 0.3) is 0 Å². The van der Waals surface area contributed by atoms with E-state index in [0.717, 1.165) is 12.1 Å². The molecule has 0 radical (unpaired) electrons. The molecule has 1 aromatic carbocycles. The van der Waals surface area contributed by atoms with Crippen molar-refractivity contribution >= 4 is 23.2 Å². The van der Waals surface area contributed by atoms with Crippen LogP contribution in [0.5, 0.6) is 5.75 Å². The zero-order valence-electron chi connectivity index (χ0n) is 10.3. The number of hydrogen-bond acceptors (Lipinski definition) is 4. The number of nitrogens with zero attached hydrogens (tertiary/aromatic N) is 3. The molecular formula is C12H3Cl2F3N4O. The second kappa shape index (κ2) is 5.76. The molecule has 0 aliphatic rings. The maximum absolute atomic E-state index is 12.2. The van der Waals surface area contributed by atoms with Gasteiger partial charge in [0.1, 0.15) is 23.7 Å². The van der Waals surface area contributed by atoms with Crippen molar-refractivity contribution in [3.05, 3.63) is 33.6 Å². The summed E-state index contributed by atoms with van der Waals surface area (Å²) in [5.41, 5.74) is -0.239. The Morgan fingerprint density at radius 2 is 1.73 bits per heavy atom. The van der Waals surface area contributed by atoms with E-state index in [4.69, 9.17) is 33.7 Å². The van der Waals surface area contributed by atoms with Gasteiger partial charge < -0.3 is 9.72 Å². The Morgan fingerprint density at radius 3 is 2.14 bits per heavy atom. The topological polar surface area (TPSA) is 85.5 Å². The van der Waals surface area contributed by atoms with Crippen LogP contribution in [0.25, 0.3) is 11.4 Å². The number of aromatic amines is 1. The highest BCUT2D eigenvalue weighted by Crippen LogP contribution is 2.38. The van der Waals surface area contributed by atoms with Gasteiger partial charge in [-0.3, -0.25) is 0 Å². The largest absolute Gasteiger partial charge is 0.573 e. The van der Waals surface area contributed by atoms with Crippen LogP contribution in [0.1, 0.15) is 11.4 Å². The normalized spacial score (nSPS) is 10.9. The molecule has 5 nitrogen and oxygen atoms in total. The number of ether oxygens (including phenoxy) is 1. The summed E-state index contributed by atoms with van der Waals surface area (Å²) >= 11 is 11.8. The number of benzene rings is 1. The van der Waals surface area contributed by atoms with Gasteiger partial charge in [-0.2, -0.15) is 10.5 Å². The van der Waals surface area contributed by atoms with E-state index in [1.54, 1.807) is 12.1 Å². The molecule has 0 spiro atoms. The van der Waals surface area contributed by atoms with Gasteiger partial charge in [0, 0.05) is 0 Å². The average Bonchev–Trinajstić information content (AvgIpc) is 2.78. The summed E-state index contributed by atoms with van der Waals surface area (Å²) in [6, 6.07) is 5.21. The molecule has 2 rings (SSSR count). The number of aromatic nitrogens is 2. The number of rotatable bonds is 2. The van der Waals surface area contributed by atoms with Crippen LogP contribution in [0.15, 0.2) is 12.1 Å². The van der Waals surface area contributed by atoms with E-state index < -0.39 is 12.1 Å². The SMILES string of the molecule is N#Cc1nc(-c2c(Cl)cc(OC(F)(F)F)cc2Cl)[nH]c1C#N. The van der Waals surface area contributed by atoms with Crippen LogP contribution in [0.3, 0.4) is 0 Å². The van der Waals surface area contributed by atoms with Crippen LogP contribution in [-0.4, -0.2) is 16.3 Å². The number of alkyl halides is 3. The average molecular weight is 347 g/mol. The summed E-state index contributed by atoms with van der Waals surface area (Å²) in [7, 11) is 0. The molecule has 0 amide bonds. The van der Waals surface area contributed by atoms with Crippen molar-refractivity contribution < 1.29 is 17.9 Å². The summed E-state index contributed by atoms with van der Waals surface area (Å²) in [6.45, 7) is 0. The zero-order valence-corrected chi connectivity index (χ0v) is 11.8. The fourth-order valence-corrected chi connectivity index (χ4v) is 2.27. The molecule has 0 aliphatic carbocycles. The van der Waals surface area contributed by atoms with Crippen molar-refractivity contribution in [1.29, 1.82) is 10.5 Å². The van der Waals surface area contributed by atoms with Gasteiger partial charge in [-0.25, -0.2) is 4.98 Å². The second-order valence-electron chi connectivity index (χ2n) is 3.84. The van der Waals surface area contributed by atoms with E-state index in [9.17, 15) is 13.2 Å². The van der Waals surface area contributed by atoms with E-state index in [1.165, 1.54) is 0 Å². The maximum Gasteiger partial charge on any atom is 0.573 e. The van der Waals surface area contributed by atoms with E-state index >= 15 is 0 Å². The monoisotopic (exact) mass is 346 g/mol. The van der Waals surface area contributed by atoms with Crippen molar-refractivity contribution in [2.24, 2.45) is 0 Å². The lowest BCUT2D eigenvalue weighted by atomic mass is 10.2. The number of hydrogen-bond donors (Lipinski definition) is 1. The first-order valence-corrected chi connectivity index (χ1v) is 6.16.